The van der Waals surface area contributed by atoms with E-state index in [0.717, 1.165) is 19.3 Å². The summed E-state index contributed by atoms with van der Waals surface area (Å²) in [5.74, 6) is -0.236. The van der Waals surface area contributed by atoms with Crippen molar-refractivity contribution >= 4 is 10.0 Å². The molecule has 1 saturated heterocycles. The van der Waals surface area contributed by atoms with Crippen molar-refractivity contribution < 1.29 is 17.5 Å². The summed E-state index contributed by atoms with van der Waals surface area (Å²) < 4.78 is 47.1. The second kappa shape index (κ2) is 6.62. The van der Waals surface area contributed by atoms with Gasteiger partial charge in [0.1, 0.15) is 5.69 Å². The lowest BCUT2D eigenvalue weighted by molar-refractivity contribution is 0.184. The van der Waals surface area contributed by atoms with E-state index in [4.69, 9.17) is 4.74 Å². The van der Waals surface area contributed by atoms with Crippen LogP contribution in [0, 0.1) is 5.82 Å². The predicted octanol–water partition coefficient (Wildman–Crippen LogP) is 2.22. The Bertz CT molecular complexity index is 904. The van der Waals surface area contributed by atoms with Crippen molar-refractivity contribution in [2.24, 2.45) is 0 Å². The van der Waals surface area contributed by atoms with Gasteiger partial charge in [-0.2, -0.15) is 4.31 Å². The third kappa shape index (κ3) is 2.99. The lowest BCUT2D eigenvalue weighted by Crippen LogP contribution is -2.54. The third-order valence-corrected chi connectivity index (χ3v) is 7.41. The van der Waals surface area contributed by atoms with Crippen molar-refractivity contribution in [2.45, 2.75) is 37.5 Å². The topological polar surface area (TPSA) is 77.3 Å². The standard InChI is InChI=1S/C17H21FN4O3S/c1-2-25-17-7-6-12(8-15(17)18)16-11-22(20-19-16)13-9-21(10-13)26(23,24)14-4-3-5-14/h6-8,11,13-14H,2-5,9-10H2,1H3. The largest absolute Gasteiger partial charge is 0.491 e. The molecule has 1 saturated carbocycles. The van der Waals surface area contributed by atoms with Crippen LogP contribution >= 0.6 is 0 Å². The lowest BCUT2D eigenvalue weighted by Gasteiger charge is -2.41. The SMILES string of the molecule is CCOc1ccc(-c2cn(C3CN(S(=O)(=O)C4CCC4)C3)nn2)cc1F. The zero-order valence-electron chi connectivity index (χ0n) is 14.5. The monoisotopic (exact) mass is 380 g/mol. The van der Waals surface area contributed by atoms with Crippen LogP contribution in [-0.4, -0.2) is 52.7 Å². The number of nitrogens with zero attached hydrogens (tertiary/aromatic N) is 4. The minimum absolute atomic E-state index is 0.0290. The Kier molecular flexibility index (Phi) is 4.44. The fraction of sp³-hybridized carbons (Fsp3) is 0.529. The van der Waals surface area contributed by atoms with E-state index in [1.807, 2.05) is 0 Å². The molecule has 2 aliphatic rings. The fourth-order valence-corrected chi connectivity index (χ4v) is 5.30. The summed E-state index contributed by atoms with van der Waals surface area (Å²) in [5, 5.41) is 7.98. The average molecular weight is 380 g/mol. The van der Waals surface area contributed by atoms with Crippen molar-refractivity contribution in [3.63, 3.8) is 0 Å². The van der Waals surface area contributed by atoms with E-state index < -0.39 is 15.8 Å². The zero-order valence-corrected chi connectivity index (χ0v) is 15.3. The summed E-state index contributed by atoms with van der Waals surface area (Å²) >= 11 is 0. The summed E-state index contributed by atoms with van der Waals surface area (Å²) in [6, 6.07) is 4.65. The maximum Gasteiger partial charge on any atom is 0.217 e. The van der Waals surface area contributed by atoms with E-state index in [-0.39, 0.29) is 17.0 Å². The van der Waals surface area contributed by atoms with E-state index in [1.165, 1.54) is 10.4 Å². The van der Waals surface area contributed by atoms with Crippen molar-refractivity contribution in [3.05, 3.63) is 30.2 Å². The van der Waals surface area contributed by atoms with Gasteiger partial charge in [0, 0.05) is 18.7 Å². The molecular weight excluding hydrogens is 359 g/mol. The van der Waals surface area contributed by atoms with E-state index in [0.29, 0.717) is 31.0 Å². The molecule has 9 heteroatoms. The Morgan fingerprint density at radius 2 is 2.08 bits per heavy atom. The quantitative estimate of drug-likeness (QED) is 0.768. The van der Waals surface area contributed by atoms with Gasteiger partial charge in [0.2, 0.25) is 10.0 Å². The molecule has 0 bridgehead atoms. The maximum atomic E-state index is 14.0. The second-order valence-corrected chi connectivity index (χ2v) is 8.94. The Morgan fingerprint density at radius 1 is 1.31 bits per heavy atom. The van der Waals surface area contributed by atoms with Gasteiger partial charge in [-0.15, -0.1) is 5.10 Å². The van der Waals surface area contributed by atoms with Crippen LogP contribution in [0.1, 0.15) is 32.2 Å². The first kappa shape index (κ1) is 17.4. The first-order valence-electron chi connectivity index (χ1n) is 8.82. The first-order chi connectivity index (χ1) is 12.5. The van der Waals surface area contributed by atoms with Crippen molar-refractivity contribution in [1.82, 2.24) is 19.3 Å². The molecule has 1 aromatic heterocycles. The van der Waals surface area contributed by atoms with E-state index in [9.17, 15) is 12.8 Å². The molecule has 2 aromatic rings. The molecule has 26 heavy (non-hydrogen) atoms. The van der Waals surface area contributed by atoms with Gasteiger partial charge < -0.3 is 4.74 Å². The van der Waals surface area contributed by atoms with Gasteiger partial charge in [-0.1, -0.05) is 11.6 Å². The maximum absolute atomic E-state index is 14.0. The number of aromatic nitrogens is 3. The zero-order chi connectivity index (χ0) is 18.3. The Labute approximate surface area is 151 Å². The van der Waals surface area contributed by atoms with Crippen LogP contribution in [-0.2, 0) is 10.0 Å². The third-order valence-electron chi connectivity index (χ3n) is 5.07. The Balaban J connectivity index is 1.44. The highest BCUT2D eigenvalue weighted by Gasteiger charge is 2.43. The summed E-state index contributed by atoms with van der Waals surface area (Å²) in [4.78, 5) is 0. The smallest absolute Gasteiger partial charge is 0.217 e. The van der Waals surface area contributed by atoms with Gasteiger partial charge in [-0.05, 0) is 38.0 Å². The van der Waals surface area contributed by atoms with Crippen LogP contribution in [0.3, 0.4) is 0 Å². The minimum Gasteiger partial charge on any atom is -0.491 e. The number of sulfonamides is 1. The molecule has 0 N–H and O–H groups in total. The van der Waals surface area contributed by atoms with Crippen LogP contribution in [0.4, 0.5) is 4.39 Å². The summed E-state index contributed by atoms with van der Waals surface area (Å²) in [5.41, 5.74) is 1.16. The van der Waals surface area contributed by atoms with Gasteiger partial charge in [0.05, 0.1) is 24.1 Å². The molecule has 1 aromatic carbocycles. The molecule has 1 aliphatic carbocycles. The molecule has 7 nitrogen and oxygen atoms in total. The van der Waals surface area contributed by atoms with Crippen LogP contribution in [0.5, 0.6) is 5.75 Å². The summed E-state index contributed by atoms with van der Waals surface area (Å²) in [7, 11) is -3.16. The van der Waals surface area contributed by atoms with Gasteiger partial charge in [0.25, 0.3) is 0 Å². The highest BCUT2D eigenvalue weighted by atomic mass is 32.2. The first-order valence-corrected chi connectivity index (χ1v) is 10.3. The molecular formula is C17H21FN4O3S. The number of benzene rings is 1. The Morgan fingerprint density at radius 3 is 2.69 bits per heavy atom. The molecule has 2 fully saturated rings. The number of hydrogen-bond donors (Lipinski definition) is 0. The molecule has 0 atom stereocenters. The van der Waals surface area contributed by atoms with Crippen LogP contribution in [0.25, 0.3) is 11.3 Å². The molecule has 140 valence electrons. The Hall–Kier alpha value is -2.00. The van der Waals surface area contributed by atoms with Gasteiger partial charge in [0.15, 0.2) is 11.6 Å². The normalized spacial score (nSPS) is 19.2. The van der Waals surface area contributed by atoms with Crippen molar-refractivity contribution in [3.8, 4) is 17.0 Å². The number of rotatable bonds is 6. The van der Waals surface area contributed by atoms with Crippen LogP contribution in [0.2, 0.25) is 0 Å². The highest BCUT2D eigenvalue weighted by Crippen LogP contribution is 2.34. The van der Waals surface area contributed by atoms with Gasteiger partial charge >= 0.3 is 0 Å². The van der Waals surface area contributed by atoms with Gasteiger partial charge in [-0.25, -0.2) is 17.5 Å². The lowest BCUT2D eigenvalue weighted by atomic mass is 10.0. The summed E-state index contributed by atoms with van der Waals surface area (Å²) in [6.45, 7) is 3.03. The van der Waals surface area contributed by atoms with E-state index >= 15 is 0 Å². The fourth-order valence-electron chi connectivity index (χ4n) is 3.19. The van der Waals surface area contributed by atoms with E-state index in [1.54, 1.807) is 29.9 Å². The molecule has 0 radical (unpaired) electrons. The molecule has 0 amide bonds. The highest BCUT2D eigenvalue weighted by molar-refractivity contribution is 7.89. The number of hydrogen-bond acceptors (Lipinski definition) is 5. The van der Waals surface area contributed by atoms with Crippen LogP contribution < -0.4 is 4.74 Å². The predicted molar refractivity (Wildman–Crippen MR) is 93.8 cm³/mol. The molecule has 4 rings (SSSR count). The molecule has 1 aliphatic heterocycles. The molecule has 0 spiro atoms. The molecule has 2 heterocycles. The summed E-state index contributed by atoms with van der Waals surface area (Å²) in [6.07, 6.45) is 4.25. The van der Waals surface area contributed by atoms with Gasteiger partial charge in [-0.3, -0.25) is 0 Å². The second-order valence-electron chi connectivity index (χ2n) is 6.73. The minimum atomic E-state index is -3.16. The average Bonchev–Trinajstić information content (AvgIpc) is 2.94. The van der Waals surface area contributed by atoms with Crippen LogP contribution in [0.15, 0.2) is 24.4 Å². The number of ether oxygens (including phenoxy) is 1. The van der Waals surface area contributed by atoms with Crippen molar-refractivity contribution in [1.29, 1.82) is 0 Å². The number of halogens is 1. The van der Waals surface area contributed by atoms with E-state index in [2.05, 4.69) is 10.3 Å². The molecule has 0 unspecified atom stereocenters. The van der Waals surface area contributed by atoms with Crippen molar-refractivity contribution in [2.75, 3.05) is 19.7 Å².